The first kappa shape index (κ1) is 21.3. The number of para-hydroxylation sites is 1. The van der Waals surface area contributed by atoms with Crippen LogP contribution in [0, 0.1) is 28.6 Å². The van der Waals surface area contributed by atoms with Gasteiger partial charge < -0.3 is 14.8 Å². The van der Waals surface area contributed by atoms with Gasteiger partial charge >= 0.3 is 5.97 Å². The van der Waals surface area contributed by atoms with E-state index in [0.29, 0.717) is 17.9 Å². The van der Waals surface area contributed by atoms with Crippen LogP contribution in [-0.4, -0.2) is 31.3 Å². The van der Waals surface area contributed by atoms with E-state index in [1.807, 2.05) is 13.0 Å². The molecule has 0 aliphatic carbocycles. The van der Waals surface area contributed by atoms with Gasteiger partial charge in [0.25, 0.3) is 0 Å². The average Bonchev–Trinajstić information content (AvgIpc) is 2.71. The Morgan fingerprint density at radius 1 is 1.32 bits per heavy atom. The first-order chi connectivity index (χ1) is 13.6. The van der Waals surface area contributed by atoms with Crippen LogP contribution in [0.3, 0.4) is 0 Å². The number of allylic oxidation sites excluding steroid dienone is 1. The molecule has 1 aliphatic heterocycles. The van der Waals surface area contributed by atoms with Gasteiger partial charge in [0, 0.05) is 5.56 Å². The minimum atomic E-state index is -1.08. The van der Waals surface area contributed by atoms with Crippen molar-refractivity contribution in [2.45, 2.75) is 25.7 Å². The Morgan fingerprint density at radius 3 is 2.71 bits per heavy atom. The third-order valence-corrected chi connectivity index (χ3v) is 5.23. The van der Waals surface area contributed by atoms with Crippen LogP contribution in [0.25, 0.3) is 0 Å². The largest absolute Gasteiger partial charge is 0.496 e. The Labute approximate surface area is 168 Å². The van der Waals surface area contributed by atoms with Crippen molar-refractivity contribution in [3.63, 3.8) is 0 Å². The van der Waals surface area contributed by atoms with Gasteiger partial charge in [-0.15, -0.1) is 0 Å². The number of amides is 1. The minimum absolute atomic E-state index is 0.0413. The fourth-order valence-electron chi connectivity index (χ4n) is 2.85. The monoisotopic (exact) mass is 399 g/mol. The number of unbranched alkanes of at least 4 members (excludes halogenated alkanes) is 1. The SMILES string of the molecule is CCCCOC(=O)CSC1=C(C#N)[C@@H](c2ccccc2OC)[C@@H](C#N)C(=O)N1. The van der Waals surface area contributed by atoms with E-state index in [-0.39, 0.29) is 16.4 Å². The minimum Gasteiger partial charge on any atom is -0.496 e. The summed E-state index contributed by atoms with van der Waals surface area (Å²) < 4.78 is 10.5. The van der Waals surface area contributed by atoms with Gasteiger partial charge in [0.2, 0.25) is 5.91 Å². The molecule has 0 unspecified atom stereocenters. The zero-order valence-electron chi connectivity index (χ0n) is 15.7. The molecule has 0 radical (unpaired) electrons. The quantitative estimate of drug-likeness (QED) is 0.528. The molecule has 0 aromatic heterocycles. The number of ether oxygens (including phenoxy) is 2. The second-order valence-corrected chi connectivity index (χ2v) is 7.02. The molecule has 146 valence electrons. The summed E-state index contributed by atoms with van der Waals surface area (Å²) in [6, 6.07) is 11.0. The summed E-state index contributed by atoms with van der Waals surface area (Å²) in [5.74, 6) is -2.35. The Kier molecular flexibility index (Phi) is 7.91. The highest BCUT2D eigenvalue weighted by Crippen LogP contribution is 2.42. The molecule has 1 aliphatic rings. The van der Waals surface area contributed by atoms with Crippen LogP contribution >= 0.6 is 11.8 Å². The van der Waals surface area contributed by atoms with E-state index < -0.39 is 23.7 Å². The third-order valence-electron chi connectivity index (χ3n) is 4.24. The molecule has 28 heavy (non-hydrogen) atoms. The molecule has 2 rings (SSSR count). The molecule has 0 spiro atoms. The molecule has 0 saturated carbocycles. The Balaban J connectivity index is 2.34. The van der Waals surface area contributed by atoms with E-state index in [9.17, 15) is 20.1 Å². The second kappa shape index (κ2) is 10.4. The van der Waals surface area contributed by atoms with Crippen molar-refractivity contribution in [2.24, 2.45) is 5.92 Å². The first-order valence-corrected chi connectivity index (χ1v) is 9.82. The van der Waals surface area contributed by atoms with E-state index in [0.717, 1.165) is 24.6 Å². The van der Waals surface area contributed by atoms with Gasteiger partial charge in [0.15, 0.2) is 0 Å². The first-order valence-electron chi connectivity index (χ1n) is 8.83. The highest BCUT2D eigenvalue weighted by molar-refractivity contribution is 8.03. The van der Waals surface area contributed by atoms with Gasteiger partial charge in [-0.25, -0.2) is 0 Å². The van der Waals surface area contributed by atoms with Crippen molar-refractivity contribution in [1.82, 2.24) is 5.32 Å². The Morgan fingerprint density at radius 2 is 2.07 bits per heavy atom. The van der Waals surface area contributed by atoms with Gasteiger partial charge in [0.1, 0.15) is 11.7 Å². The van der Waals surface area contributed by atoms with Crippen molar-refractivity contribution >= 4 is 23.6 Å². The van der Waals surface area contributed by atoms with E-state index in [4.69, 9.17) is 9.47 Å². The molecule has 1 aromatic carbocycles. The molecule has 1 amide bonds. The molecule has 1 N–H and O–H groups in total. The topological polar surface area (TPSA) is 112 Å². The standard InChI is InChI=1S/C20H21N3O4S/c1-3-4-9-27-17(24)12-28-20-15(11-22)18(14(10-21)19(25)23-20)13-7-5-6-8-16(13)26-2/h5-8,14,18H,3-4,9,12H2,1-2H3,(H,23,25)/t14-,18+/m1/s1. The molecule has 8 heteroatoms. The highest BCUT2D eigenvalue weighted by Gasteiger charge is 2.40. The van der Waals surface area contributed by atoms with Gasteiger partial charge in [-0.2, -0.15) is 10.5 Å². The molecular weight excluding hydrogens is 378 g/mol. The van der Waals surface area contributed by atoms with Gasteiger partial charge in [-0.3, -0.25) is 9.59 Å². The van der Waals surface area contributed by atoms with Crippen LogP contribution in [0.1, 0.15) is 31.2 Å². The molecule has 7 nitrogen and oxygen atoms in total. The van der Waals surface area contributed by atoms with Crippen molar-refractivity contribution < 1.29 is 19.1 Å². The summed E-state index contributed by atoms with van der Waals surface area (Å²) in [6.45, 7) is 2.33. The van der Waals surface area contributed by atoms with Crippen LogP contribution in [0.4, 0.5) is 0 Å². The summed E-state index contributed by atoms with van der Waals surface area (Å²) in [7, 11) is 1.49. The predicted molar refractivity (Wildman–Crippen MR) is 104 cm³/mol. The molecule has 1 aromatic rings. The maximum absolute atomic E-state index is 12.5. The number of methoxy groups -OCH3 is 1. The molecule has 2 atom stereocenters. The third kappa shape index (κ3) is 4.85. The lowest BCUT2D eigenvalue weighted by Crippen LogP contribution is -2.39. The fourth-order valence-corrected chi connectivity index (χ4v) is 3.69. The normalized spacial score (nSPS) is 18.6. The maximum Gasteiger partial charge on any atom is 0.316 e. The van der Waals surface area contributed by atoms with Crippen LogP contribution in [0.2, 0.25) is 0 Å². The van der Waals surface area contributed by atoms with Crippen molar-refractivity contribution in [3.05, 3.63) is 40.4 Å². The van der Waals surface area contributed by atoms with Gasteiger partial charge in [-0.1, -0.05) is 43.3 Å². The summed E-state index contributed by atoms with van der Waals surface area (Å²) in [5.41, 5.74) is 0.800. The summed E-state index contributed by atoms with van der Waals surface area (Å²) >= 11 is 1.02. The molecular formula is C20H21N3O4S. The number of nitriles is 2. The van der Waals surface area contributed by atoms with Crippen LogP contribution < -0.4 is 10.1 Å². The summed E-state index contributed by atoms with van der Waals surface area (Å²) in [5, 5.41) is 22.1. The number of hydrogen-bond acceptors (Lipinski definition) is 7. The number of carbonyl (C=O) groups excluding carboxylic acids is 2. The molecule has 0 saturated heterocycles. The molecule has 0 fully saturated rings. The van der Waals surface area contributed by atoms with Crippen LogP contribution in [-0.2, 0) is 14.3 Å². The molecule has 0 bridgehead atoms. The fraction of sp³-hybridized carbons (Fsp3) is 0.400. The number of thioether (sulfide) groups is 1. The lowest BCUT2D eigenvalue weighted by Gasteiger charge is -2.29. The van der Waals surface area contributed by atoms with E-state index in [1.54, 1.807) is 24.3 Å². The number of nitrogens with zero attached hydrogens (tertiary/aromatic N) is 2. The van der Waals surface area contributed by atoms with Crippen LogP contribution in [0.15, 0.2) is 34.9 Å². The number of benzene rings is 1. The highest BCUT2D eigenvalue weighted by atomic mass is 32.2. The number of esters is 1. The van der Waals surface area contributed by atoms with E-state index in [1.165, 1.54) is 7.11 Å². The average molecular weight is 399 g/mol. The number of nitrogens with one attached hydrogen (secondary N) is 1. The van der Waals surface area contributed by atoms with Crippen LogP contribution in [0.5, 0.6) is 5.75 Å². The van der Waals surface area contributed by atoms with Crippen molar-refractivity contribution in [1.29, 1.82) is 10.5 Å². The zero-order valence-corrected chi connectivity index (χ0v) is 16.5. The predicted octanol–water partition coefficient (Wildman–Crippen LogP) is 2.86. The van der Waals surface area contributed by atoms with Crippen molar-refractivity contribution in [3.8, 4) is 17.9 Å². The van der Waals surface area contributed by atoms with E-state index >= 15 is 0 Å². The lowest BCUT2D eigenvalue weighted by molar-refractivity contribution is -0.140. The van der Waals surface area contributed by atoms with Crippen molar-refractivity contribution in [2.75, 3.05) is 19.5 Å². The smallest absolute Gasteiger partial charge is 0.316 e. The number of hydrogen-bond donors (Lipinski definition) is 1. The zero-order chi connectivity index (χ0) is 20.5. The summed E-state index contributed by atoms with van der Waals surface area (Å²) in [4.78, 5) is 24.4. The second-order valence-electron chi connectivity index (χ2n) is 6.03. The lowest BCUT2D eigenvalue weighted by atomic mass is 9.79. The Bertz CT molecular complexity index is 854. The van der Waals surface area contributed by atoms with Gasteiger partial charge in [-0.05, 0) is 12.5 Å². The molecule has 1 heterocycles. The van der Waals surface area contributed by atoms with E-state index in [2.05, 4.69) is 11.4 Å². The summed E-state index contributed by atoms with van der Waals surface area (Å²) in [6.07, 6.45) is 1.69. The number of carbonyl (C=O) groups is 2. The Hall–Kier alpha value is -2.97. The number of rotatable bonds is 8. The van der Waals surface area contributed by atoms with Gasteiger partial charge in [0.05, 0.1) is 48.1 Å². The maximum atomic E-state index is 12.5.